The summed E-state index contributed by atoms with van der Waals surface area (Å²) in [4.78, 5) is 31.8. The molecule has 2 aromatic carbocycles. The van der Waals surface area contributed by atoms with E-state index < -0.39 is 5.92 Å². The Morgan fingerprint density at radius 3 is 2.31 bits per heavy atom. The zero-order chi connectivity index (χ0) is 20.8. The average molecular weight is 400 g/mol. The van der Waals surface area contributed by atoms with Gasteiger partial charge in [-0.2, -0.15) is 0 Å². The molecular weight excluding hydrogens is 376 g/mol. The molecule has 3 rings (SSSR count). The van der Waals surface area contributed by atoms with Crippen molar-refractivity contribution in [3.8, 4) is 17.2 Å². The second-order valence-corrected chi connectivity index (χ2v) is 6.53. The minimum Gasteiger partial charge on any atom is -0.493 e. The van der Waals surface area contributed by atoms with Gasteiger partial charge in [0.15, 0.2) is 11.5 Å². The summed E-state index contributed by atoms with van der Waals surface area (Å²) in [6, 6.07) is 12.9. The third-order valence-electron chi connectivity index (χ3n) is 4.71. The monoisotopic (exact) mass is 400 g/mol. The molecule has 0 radical (unpaired) electrons. The SMILES string of the molecule is COc1cc(N2C[C@@H](C(=O)NOCc3ccccc3)CC2=O)cc(OC)c1OC. The topological polar surface area (TPSA) is 86.3 Å². The number of anilines is 1. The largest absolute Gasteiger partial charge is 0.493 e. The van der Waals surface area contributed by atoms with E-state index in [2.05, 4.69) is 5.48 Å². The van der Waals surface area contributed by atoms with Crippen molar-refractivity contribution < 1.29 is 28.6 Å². The summed E-state index contributed by atoms with van der Waals surface area (Å²) in [5.41, 5.74) is 3.96. The Kier molecular flexibility index (Phi) is 6.56. The van der Waals surface area contributed by atoms with Gasteiger partial charge in [-0.1, -0.05) is 30.3 Å². The van der Waals surface area contributed by atoms with Crippen LogP contribution >= 0.6 is 0 Å². The number of amides is 2. The summed E-state index contributed by atoms with van der Waals surface area (Å²) in [6.07, 6.45) is 0.0944. The predicted octanol–water partition coefficient (Wildman–Crippen LogP) is 2.31. The quantitative estimate of drug-likeness (QED) is 0.685. The molecule has 1 saturated heterocycles. The zero-order valence-corrected chi connectivity index (χ0v) is 16.6. The number of carbonyl (C=O) groups excluding carboxylic acids is 2. The first-order chi connectivity index (χ1) is 14.1. The molecule has 0 spiro atoms. The van der Waals surface area contributed by atoms with E-state index in [0.717, 1.165) is 5.56 Å². The van der Waals surface area contributed by atoms with Crippen molar-refractivity contribution in [3.63, 3.8) is 0 Å². The molecule has 0 aromatic heterocycles. The lowest BCUT2D eigenvalue weighted by molar-refractivity contribution is -0.138. The van der Waals surface area contributed by atoms with E-state index in [0.29, 0.717) is 22.9 Å². The van der Waals surface area contributed by atoms with Crippen molar-refractivity contribution in [1.29, 1.82) is 0 Å². The van der Waals surface area contributed by atoms with Gasteiger partial charge in [-0.25, -0.2) is 5.48 Å². The molecule has 0 aliphatic carbocycles. The molecule has 8 nitrogen and oxygen atoms in total. The number of nitrogens with one attached hydrogen (secondary N) is 1. The highest BCUT2D eigenvalue weighted by Crippen LogP contribution is 2.42. The van der Waals surface area contributed by atoms with E-state index in [1.165, 1.54) is 26.2 Å². The maximum absolute atomic E-state index is 12.5. The highest BCUT2D eigenvalue weighted by atomic mass is 16.6. The van der Waals surface area contributed by atoms with E-state index in [-0.39, 0.29) is 31.4 Å². The van der Waals surface area contributed by atoms with Gasteiger partial charge in [-0.05, 0) is 5.56 Å². The van der Waals surface area contributed by atoms with Crippen molar-refractivity contribution in [2.45, 2.75) is 13.0 Å². The fourth-order valence-electron chi connectivity index (χ4n) is 3.20. The minimum atomic E-state index is -0.516. The van der Waals surface area contributed by atoms with Crippen LogP contribution in [-0.4, -0.2) is 39.7 Å². The molecule has 29 heavy (non-hydrogen) atoms. The average Bonchev–Trinajstić information content (AvgIpc) is 3.15. The Labute approximate surface area is 169 Å². The van der Waals surface area contributed by atoms with Gasteiger partial charge in [-0.15, -0.1) is 0 Å². The maximum atomic E-state index is 12.5. The molecule has 2 aromatic rings. The molecular formula is C21H24N2O6. The summed E-state index contributed by atoms with van der Waals surface area (Å²) < 4.78 is 16.0. The van der Waals surface area contributed by atoms with E-state index in [9.17, 15) is 9.59 Å². The Hall–Kier alpha value is -3.26. The lowest BCUT2D eigenvalue weighted by Crippen LogP contribution is -2.33. The molecule has 0 bridgehead atoms. The van der Waals surface area contributed by atoms with Gasteiger partial charge in [0.1, 0.15) is 0 Å². The van der Waals surface area contributed by atoms with Crippen LogP contribution in [0.4, 0.5) is 5.69 Å². The summed E-state index contributed by atoms with van der Waals surface area (Å²) >= 11 is 0. The van der Waals surface area contributed by atoms with Crippen LogP contribution in [0.1, 0.15) is 12.0 Å². The van der Waals surface area contributed by atoms with Gasteiger partial charge in [0.05, 0.1) is 39.5 Å². The fourth-order valence-corrected chi connectivity index (χ4v) is 3.20. The lowest BCUT2D eigenvalue weighted by Gasteiger charge is -2.20. The van der Waals surface area contributed by atoms with E-state index in [1.807, 2.05) is 30.3 Å². The van der Waals surface area contributed by atoms with Crippen LogP contribution in [-0.2, 0) is 21.0 Å². The number of nitrogens with zero attached hydrogens (tertiary/aromatic N) is 1. The molecule has 8 heteroatoms. The van der Waals surface area contributed by atoms with Crippen LogP contribution in [0.5, 0.6) is 17.2 Å². The van der Waals surface area contributed by atoms with Gasteiger partial charge in [0.2, 0.25) is 17.6 Å². The number of rotatable bonds is 8. The summed E-state index contributed by atoms with van der Waals surface area (Å²) in [6.45, 7) is 0.488. The molecule has 2 amide bonds. The predicted molar refractivity (Wildman–Crippen MR) is 106 cm³/mol. The third kappa shape index (κ3) is 4.60. The molecule has 0 unspecified atom stereocenters. The van der Waals surface area contributed by atoms with Crippen molar-refractivity contribution in [1.82, 2.24) is 5.48 Å². The Bertz CT molecular complexity index is 846. The molecule has 1 aliphatic rings. The van der Waals surface area contributed by atoms with E-state index in [4.69, 9.17) is 19.0 Å². The summed E-state index contributed by atoms with van der Waals surface area (Å²) in [5, 5.41) is 0. The maximum Gasteiger partial charge on any atom is 0.248 e. The molecule has 1 N–H and O–H groups in total. The standard InChI is InChI=1S/C21H24N2O6/c1-26-17-10-16(11-18(27-2)20(17)28-3)23-12-15(9-19(23)24)21(25)22-29-13-14-7-5-4-6-8-14/h4-8,10-11,15H,9,12-13H2,1-3H3,(H,22,25)/t15-/m0/s1. The third-order valence-corrected chi connectivity index (χ3v) is 4.71. The van der Waals surface area contributed by atoms with Crippen LogP contribution < -0.4 is 24.6 Å². The number of hydrogen-bond donors (Lipinski definition) is 1. The van der Waals surface area contributed by atoms with Crippen molar-refractivity contribution in [3.05, 3.63) is 48.0 Å². The lowest BCUT2D eigenvalue weighted by atomic mass is 10.1. The summed E-state index contributed by atoms with van der Waals surface area (Å²) in [5.74, 6) is 0.306. The van der Waals surface area contributed by atoms with Gasteiger partial charge in [-0.3, -0.25) is 14.4 Å². The normalized spacial score (nSPS) is 15.9. The molecule has 1 atom stereocenters. The number of ether oxygens (including phenoxy) is 3. The summed E-state index contributed by atoms with van der Waals surface area (Å²) in [7, 11) is 4.53. The van der Waals surface area contributed by atoms with Gasteiger partial charge >= 0.3 is 0 Å². The number of benzene rings is 2. The Morgan fingerprint density at radius 2 is 1.72 bits per heavy atom. The van der Waals surface area contributed by atoms with E-state index in [1.54, 1.807) is 12.1 Å². The van der Waals surface area contributed by atoms with E-state index >= 15 is 0 Å². The van der Waals surface area contributed by atoms with Crippen LogP contribution in [0.3, 0.4) is 0 Å². The molecule has 1 heterocycles. The number of carbonyl (C=O) groups is 2. The highest BCUT2D eigenvalue weighted by Gasteiger charge is 2.36. The minimum absolute atomic E-state index is 0.0944. The molecule has 1 fully saturated rings. The first kappa shape index (κ1) is 20.5. The fraction of sp³-hybridized carbons (Fsp3) is 0.333. The Balaban J connectivity index is 1.66. The number of methoxy groups -OCH3 is 3. The van der Waals surface area contributed by atoms with Gasteiger partial charge < -0.3 is 19.1 Å². The van der Waals surface area contributed by atoms with Crippen molar-refractivity contribution in [2.75, 3.05) is 32.8 Å². The van der Waals surface area contributed by atoms with Gasteiger partial charge in [0, 0.05) is 25.1 Å². The number of hydroxylamine groups is 1. The first-order valence-electron chi connectivity index (χ1n) is 9.13. The van der Waals surface area contributed by atoms with Crippen molar-refractivity contribution >= 4 is 17.5 Å². The number of hydrogen-bond acceptors (Lipinski definition) is 6. The molecule has 0 saturated carbocycles. The smallest absolute Gasteiger partial charge is 0.248 e. The van der Waals surface area contributed by atoms with Crippen LogP contribution in [0, 0.1) is 5.92 Å². The van der Waals surface area contributed by atoms with Gasteiger partial charge in [0.25, 0.3) is 0 Å². The molecule has 1 aliphatic heterocycles. The second-order valence-electron chi connectivity index (χ2n) is 6.53. The first-order valence-corrected chi connectivity index (χ1v) is 9.13. The van der Waals surface area contributed by atoms with Crippen LogP contribution in [0.25, 0.3) is 0 Å². The Morgan fingerprint density at radius 1 is 1.07 bits per heavy atom. The zero-order valence-electron chi connectivity index (χ0n) is 16.6. The van der Waals surface area contributed by atoms with Crippen LogP contribution in [0.15, 0.2) is 42.5 Å². The highest BCUT2D eigenvalue weighted by molar-refractivity contribution is 6.00. The second kappa shape index (κ2) is 9.29. The van der Waals surface area contributed by atoms with Crippen molar-refractivity contribution in [2.24, 2.45) is 5.92 Å². The van der Waals surface area contributed by atoms with Crippen LogP contribution in [0.2, 0.25) is 0 Å². The molecule has 154 valence electrons.